The van der Waals surface area contributed by atoms with E-state index in [1.165, 1.54) is 43.6 Å². The first-order valence-corrected chi connectivity index (χ1v) is 11.9. The fourth-order valence-corrected chi connectivity index (χ4v) is 3.74. The van der Waals surface area contributed by atoms with Crippen LogP contribution in [0.3, 0.4) is 0 Å². The molecule has 1 heterocycles. The minimum atomic E-state index is -0.0961. The van der Waals surface area contributed by atoms with E-state index in [0.717, 1.165) is 22.6 Å². The Morgan fingerprint density at radius 3 is 2.41 bits per heavy atom. The summed E-state index contributed by atoms with van der Waals surface area (Å²) in [5.74, 6) is 0.562. The molecule has 0 saturated heterocycles. The van der Waals surface area contributed by atoms with E-state index in [1.807, 2.05) is 49.4 Å². The Balaban J connectivity index is 0.000000282. The van der Waals surface area contributed by atoms with Gasteiger partial charge in [-0.3, -0.25) is 10.2 Å². The van der Waals surface area contributed by atoms with Crippen molar-refractivity contribution in [3.8, 4) is 0 Å². The van der Waals surface area contributed by atoms with Gasteiger partial charge in [-0.2, -0.15) is 0 Å². The van der Waals surface area contributed by atoms with Gasteiger partial charge in [0.1, 0.15) is 12.4 Å². The number of hydrogen-bond donors (Lipinski definition) is 2. The van der Waals surface area contributed by atoms with Gasteiger partial charge in [0, 0.05) is 22.9 Å². The molecule has 0 spiro atoms. The Morgan fingerprint density at radius 1 is 1.06 bits per heavy atom. The number of halogens is 1. The number of nitrogens with zero attached hydrogens (tertiary/aromatic N) is 3. The summed E-state index contributed by atoms with van der Waals surface area (Å²) in [6.45, 7) is 4.33. The van der Waals surface area contributed by atoms with Gasteiger partial charge in [-0.15, -0.1) is 0 Å². The monoisotopic (exact) mass is 457 g/mol. The first kappa shape index (κ1) is 26.0. The van der Waals surface area contributed by atoms with Crippen LogP contribution in [0.25, 0.3) is 5.70 Å². The van der Waals surface area contributed by atoms with E-state index < -0.39 is 0 Å². The van der Waals surface area contributed by atoms with E-state index in [2.05, 4.69) is 16.9 Å². The maximum absolute atomic E-state index is 10.5. The molecule has 3 rings (SSSR count). The quantitative estimate of drug-likeness (QED) is 0.550. The molecule has 2 aromatic carbocycles. The normalized spacial score (nSPS) is 15.4. The molecule has 174 valence electrons. The van der Waals surface area contributed by atoms with Crippen LogP contribution in [0, 0.1) is 0 Å². The Hall–Kier alpha value is -2.21. The molecule has 1 aliphatic heterocycles. The summed E-state index contributed by atoms with van der Waals surface area (Å²) in [6, 6.07) is 15.1. The molecule has 6 heteroatoms. The van der Waals surface area contributed by atoms with Gasteiger partial charge in [-0.1, -0.05) is 87.4 Å². The third-order valence-electron chi connectivity index (χ3n) is 5.29. The highest BCUT2D eigenvalue weighted by Gasteiger charge is 2.17. The minimum Gasteiger partial charge on any atom is -0.393 e. The number of aliphatic imine (C=N–C) groups is 1. The second-order valence-corrected chi connectivity index (χ2v) is 8.53. The first-order valence-electron chi connectivity index (χ1n) is 11.5. The fourth-order valence-electron chi connectivity index (χ4n) is 3.56. The van der Waals surface area contributed by atoms with Gasteiger partial charge < -0.3 is 5.11 Å². The van der Waals surface area contributed by atoms with Crippen LogP contribution in [0.5, 0.6) is 0 Å². The number of fused-ring (bicyclic) bond motifs is 1. The van der Waals surface area contributed by atoms with Crippen molar-refractivity contribution in [2.45, 2.75) is 64.9 Å². The standard InChI is InChI=1S/C16H14ClN3O.C10H22O/c1-18-15-10-20(21)16(11-5-3-2-4-6-11)13-9-12(17)7-8-14(13)19-15;1-3-4-5-6-7-8-9-10(2)11/h2-9,21H,10H2,1H3;10-11H,3-9H2,1-2H3/b18-15-;. The van der Waals surface area contributed by atoms with Crippen LogP contribution in [-0.2, 0) is 0 Å². The van der Waals surface area contributed by atoms with Gasteiger partial charge >= 0.3 is 0 Å². The van der Waals surface area contributed by atoms with E-state index in [4.69, 9.17) is 16.7 Å². The summed E-state index contributed by atoms with van der Waals surface area (Å²) >= 11 is 6.12. The molecule has 1 unspecified atom stereocenters. The van der Waals surface area contributed by atoms with Crippen LogP contribution in [0.1, 0.15) is 64.4 Å². The third-order valence-corrected chi connectivity index (χ3v) is 5.53. The molecule has 0 fully saturated rings. The predicted octanol–water partition coefficient (Wildman–Crippen LogP) is 4.97. The molecular weight excluding hydrogens is 422 g/mol. The number of unbranched alkanes of at least 4 members (excludes halogenated alkanes) is 5. The van der Waals surface area contributed by atoms with Crippen molar-refractivity contribution < 1.29 is 10.3 Å². The molecule has 2 N–H and O–H groups in total. The van der Waals surface area contributed by atoms with Crippen molar-refractivity contribution in [2.24, 2.45) is 9.98 Å². The topological polar surface area (TPSA) is 68.4 Å². The Kier molecular flexibility index (Phi) is 11.4. The summed E-state index contributed by atoms with van der Waals surface area (Å²) in [7, 11) is 1.66. The van der Waals surface area contributed by atoms with E-state index in [1.54, 1.807) is 13.1 Å². The van der Waals surface area contributed by atoms with E-state index in [9.17, 15) is 5.21 Å². The molecule has 1 aliphatic rings. The van der Waals surface area contributed by atoms with Crippen molar-refractivity contribution >= 4 is 23.1 Å². The van der Waals surface area contributed by atoms with Crippen LogP contribution in [0.4, 0.5) is 0 Å². The molecule has 0 radical (unpaired) electrons. The number of hydroxylamine groups is 2. The number of aliphatic hydroxyl groups is 1. The predicted molar refractivity (Wildman–Crippen MR) is 133 cm³/mol. The van der Waals surface area contributed by atoms with Crippen molar-refractivity contribution in [3.63, 3.8) is 0 Å². The fraction of sp³-hybridized carbons (Fsp3) is 0.462. The highest BCUT2D eigenvalue weighted by Crippen LogP contribution is 2.16. The van der Waals surface area contributed by atoms with Crippen LogP contribution >= 0.6 is 11.6 Å². The lowest BCUT2D eigenvalue weighted by Crippen LogP contribution is -2.31. The SMILES string of the molecule is C/N=C1/CN(O)C(c2ccccc2)=c2cc(Cl)ccc2=N1.CCCCCCCCC(C)O. The molecular formula is C26H36ClN3O2. The largest absolute Gasteiger partial charge is 0.393 e. The number of rotatable bonds is 8. The molecule has 0 bridgehead atoms. The zero-order valence-corrected chi connectivity index (χ0v) is 20.2. The van der Waals surface area contributed by atoms with Gasteiger partial charge in [-0.25, -0.2) is 10.1 Å². The maximum atomic E-state index is 10.5. The van der Waals surface area contributed by atoms with Gasteiger partial charge in [0.05, 0.1) is 17.2 Å². The highest BCUT2D eigenvalue weighted by atomic mass is 35.5. The van der Waals surface area contributed by atoms with Crippen LogP contribution in [0.2, 0.25) is 5.02 Å². The summed E-state index contributed by atoms with van der Waals surface area (Å²) in [5.41, 5.74) is 1.58. The van der Waals surface area contributed by atoms with Gasteiger partial charge in [0.15, 0.2) is 0 Å². The zero-order chi connectivity index (χ0) is 23.3. The molecule has 0 amide bonds. The number of amidine groups is 1. The minimum absolute atomic E-state index is 0.0961. The lowest BCUT2D eigenvalue weighted by molar-refractivity contribution is -0.0119. The summed E-state index contributed by atoms with van der Waals surface area (Å²) in [6.07, 6.45) is 8.78. The summed E-state index contributed by atoms with van der Waals surface area (Å²) in [5, 5.41) is 22.7. The zero-order valence-electron chi connectivity index (χ0n) is 19.5. The third kappa shape index (κ3) is 8.38. The van der Waals surface area contributed by atoms with E-state index >= 15 is 0 Å². The molecule has 0 aliphatic carbocycles. The second kappa shape index (κ2) is 14.0. The lowest BCUT2D eigenvalue weighted by Gasteiger charge is -2.19. The average Bonchev–Trinajstić information content (AvgIpc) is 2.92. The first-order chi connectivity index (χ1) is 15.5. The van der Waals surface area contributed by atoms with Crippen LogP contribution in [0.15, 0.2) is 58.5 Å². The Morgan fingerprint density at radius 2 is 1.75 bits per heavy atom. The lowest BCUT2D eigenvalue weighted by atomic mass is 10.1. The molecule has 0 aromatic heterocycles. The van der Waals surface area contributed by atoms with E-state index in [0.29, 0.717) is 16.6 Å². The number of benzene rings is 2. The number of aliphatic hydroxyl groups excluding tert-OH is 1. The van der Waals surface area contributed by atoms with Crippen molar-refractivity contribution in [3.05, 3.63) is 69.7 Å². The molecule has 1 atom stereocenters. The number of hydrogen-bond acceptors (Lipinski definition) is 4. The van der Waals surface area contributed by atoms with Crippen LogP contribution in [-0.4, -0.2) is 40.9 Å². The molecule has 0 saturated carbocycles. The van der Waals surface area contributed by atoms with Gasteiger partial charge in [0.25, 0.3) is 0 Å². The van der Waals surface area contributed by atoms with Gasteiger partial charge in [-0.05, 0) is 31.5 Å². The molecule has 2 aromatic rings. The van der Waals surface area contributed by atoms with Crippen molar-refractivity contribution in [2.75, 3.05) is 13.6 Å². The van der Waals surface area contributed by atoms with E-state index in [-0.39, 0.29) is 12.6 Å². The Labute approximate surface area is 196 Å². The van der Waals surface area contributed by atoms with Crippen molar-refractivity contribution in [1.82, 2.24) is 5.06 Å². The highest BCUT2D eigenvalue weighted by molar-refractivity contribution is 6.30. The Bertz CT molecular complexity index is 974. The molecule has 32 heavy (non-hydrogen) atoms. The van der Waals surface area contributed by atoms with Crippen LogP contribution < -0.4 is 10.6 Å². The summed E-state index contributed by atoms with van der Waals surface area (Å²) in [4.78, 5) is 8.60. The molecule has 5 nitrogen and oxygen atoms in total. The second-order valence-electron chi connectivity index (χ2n) is 8.09. The van der Waals surface area contributed by atoms with Crippen molar-refractivity contribution in [1.29, 1.82) is 0 Å². The summed E-state index contributed by atoms with van der Waals surface area (Å²) < 4.78 is 0. The van der Waals surface area contributed by atoms with Gasteiger partial charge in [0.2, 0.25) is 0 Å². The average molecular weight is 458 g/mol. The smallest absolute Gasteiger partial charge is 0.145 e. The maximum Gasteiger partial charge on any atom is 0.145 e.